The Labute approximate surface area is 173 Å². The Kier molecular flexibility index (Phi) is 5.43. The van der Waals surface area contributed by atoms with E-state index in [2.05, 4.69) is 5.10 Å². The highest BCUT2D eigenvalue weighted by Crippen LogP contribution is 2.22. The number of ether oxygens (including phenoxy) is 1. The van der Waals surface area contributed by atoms with E-state index in [9.17, 15) is 14.4 Å². The third-order valence-electron chi connectivity index (χ3n) is 5.14. The minimum atomic E-state index is -0.595. The van der Waals surface area contributed by atoms with Crippen molar-refractivity contribution < 1.29 is 19.1 Å². The van der Waals surface area contributed by atoms with Gasteiger partial charge in [0.2, 0.25) is 5.91 Å². The predicted octanol–water partition coefficient (Wildman–Crippen LogP) is 3.35. The highest BCUT2D eigenvalue weighted by atomic mass is 16.5. The summed E-state index contributed by atoms with van der Waals surface area (Å²) in [5.41, 5.74) is 2.99. The first-order valence-electron chi connectivity index (χ1n) is 9.75. The normalized spacial score (nSPS) is 13.5. The van der Waals surface area contributed by atoms with Crippen molar-refractivity contribution in [1.29, 1.82) is 0 Å². The van der Waals surface area contributed by atoms with Crippen LogP contribution in [0.15, 0.2) is 60.8 Å². The molecule has 0 atom stereocenters. The number of Topliss-reactive ketones (excluding diaryl/α,β-unsaturated/α-hetero) is 1. The molecule has 7 heteroatoms. The van der Waals surface area contributed by atoms with E-state index in [-0.39, 0.29) is 18.3 Å². The van der Waals surface area contributed by atoms with Gasteiger partial charge in [0.1, 0.15) is 5.56 Å². The summed E-state index contributed by atoms with van der Waals surface area (Å²) in [6, 6.07) is 16.2. The van der Waals surface area contributed by atoms with Gasteiger partial charge in [-0.2, -0.15) is 5.10 Å². The van der Waals surface area contributed by atoms with Gasteiger partial charge >= 0.3 is 5.97 Å². The van der Waals surface area contributed by atoms with Crippen molar-refractivity contribution in [3.05, 3.63) is 77.6 Å². The predicted molar refractivity (Wildman–Crippen MR) is 111 cm³/mol. The van der Waals surface area contributed by atoms with Crippen LogP contribution in [0.2, 0.25) is 0 Å². The van der Waals surface area contributed by atoms with Gasteiger partial charge in [-0.05, 0) is 49.7 Å². The molecule has 0 unspecified atom stereocenters. The molecule has 7 nitrogen and oxygen atoms in total. The molecule has 3 aromatic rings. The Bertz CT molecular complexity index is 1090. The van der Waals surface area contributed by atoms with Crippen LogP contribution in [0, 0.1) is 6.92 Å². The second-order valence-corrected chi connectivity index (χ2v) is 7.09. The largest absolute Gasteiger partial charge is 0.454 e. The molecule has 0 aliphatic carbocycles. The fourth-order valence-corrected chi connectivity index (χ4v) is 3.48. The Morgan fingerprint density at radius 2 is 1.77 bits per heavy atom. The van der Waals surface area contributed by atoms with Crippen molar-refractivity contribution in [2.75, 3.05) is 18.1 Å². The average molecular weight is 403 g/mol. The number of carbonyl (C=O) groups excluding carboxylic acids is 3. The fourth-order valence-electron chi connectivity index (χ4n) is 3.48. The molecule has 0 radical (unpaired) electrons. The third kappa shape index (κ3) is 3.87. The molecule has 1 aliphatic rings. The quantitative estimate of drug-likeness (QED) is 0.466. The zero-order valence-electron chi connectivity index (χ0n) is 16.6. The Balaban J connectivity index is 1.39. The Hall–Kier alpha value is -3.74. The minimum absolute atomic E-state index is 0.0921. The van der Waals surface area contributed by atoms with Crippen molar-refractivity contribution in [1.82, 2.24) is 9.78 Å². The highest BCUT2D eigenvalue weighted by molar-refractivity contribution is 6.00. The molecule has 4 rings (SSSR count). The van der Waals surface area contributed by atoms with Crippen LogP contribution in [0.1, 0.15) is 39.3 Å². The molecule has 1 aromatic heterocycles. The van der Waals surface area contributed by atoms with Crippen molar-refractivity contribution in [2.45, 2.75) is 19.8 Å². The molecule has 1 amide bonds. The van der Waals surface area contributed by atoms with E-state index in [1.807, 2.05) is 30.3 Å². The lowest BCUT2D eigenvalue weighted by atomic mass is 10.1. The van der Waals surface area contributed by atoms with Gasteiger partial charge in [-0.15, -0.1) is 0 Å². The minimum Gasteiger partial charge on any atom is -0.454 e. The zero-order chi connectivity index (χ0) is 21.1. The standard InChI is InChI=1S/C23H21N3O4/c1-16-20(14-24-26(16)19-6-3-2-4-7-19)23(29)30-15-21(27)17-9-11-18(12-10-17)25-13-5-8-22(25)28/h2-4,6-7,9-12,14H,5,8,13,15H2,1H3. The second-order valence-electron chi connectivity index (χ2n) is 7.09. The molecule has 0 spiro atoms. The van der Waals surface area contributed by atoms with Gasteiger partial charge < -0.3 is 9.64 Å². The van der Waals surface area contributed by atoms with E-state index in [0.717, 1.165) is 17.8 Å². The van der Waals surface area contributed by atoms with Crippen LogP contribution in [0.4, 0.5) is 5.69 Å². The maximum atomic E-state index is 12.4. The van der Waals surface area contributed by atoms with Gasteiger partial charge in [-0.1, -0.05) is 18.2 Å². The Morgan fingerprint density at radius 3 is 2.43 bits per heavy atom. The monoisotopic (exact) mass is 403 g/mol. The van der Waals surface area contributed by atoms with E-state index < -0.39 is 5.97 Å². The molecule has 1 fully saturated rings. The van der Waals surface area contributed by atoms with Gasteiger partial charge in [0.15, 0.2) is 12.4 Å². The summed E-state index contributed by atoms with van der Waals surface area (Å²) in [5, 5.41) is 4.24. The summed E-state index contributed by atoms with van der Waals surface area (Å²) in [6.07, 6.45) is 2.84. The zero-order valence-corrected chi connectivity index (χ0v) is 16.6. The maximum Gasteiger partial charge on any atom is 0.342 e. The molecular formula is C23H21N3O4. The third-order valence-corrected chi connectivity index (χ3v) is 5.14. The molecule has 2 aromatic carbocycles. The van der Waals surface area contributed by atoms with Crippen molar-refractivity contribution in [3.8, 4) is 5.69 Å². The highest BCUT2D eigenvalue weighted by Gasteiger charge is 2.22. The summed E-state index contributed by atoms with van der Waals surface area (Å²) < 4.78 is 6.86. The lowest BCUT2D eigenvalue weighted by molar-refractivity contribution is -0.117. The first-order chi connectivity index (χ1) is 14.5. The van der Waals surface area contributed by atoms with E-state index in [1.54, 1.807) is 40.8 Å². The summed E-state index contributed by atoms with van der Waals surface area (Å²) in [4.78, 5) is 38.4. The summed E-state index contributed by atoms with van der Waals surface area (Å²) in [6.45, 7) is 2.10. The number of benzene rings is 2. The maximum absolute atomic E-state index is 12.4. The lowest BCUT2D eigenvalue weighted by Crippen LogP contribution is -2.23. The number of rotatable bonds is 6. The van der Waals surface area contributed by atoms with Gasteiger partial charge in [-0.25, -0.2) is 9.48 Å². The molecule has 1 saturated heterocycles. The number of amides is 1. The molecule has 2 heterocycles. The van der Waals surface area contributed by atoms with Crippen LogP contribution in [0.5, 0.6) is 0 Å². The number of ketones is 1. The van der Waals surface area contributed by atoms with E-state index in [1.165, 1.54) is 6.20 Å². The summed E-state index contributed by atoms with van der Waals surface area (Å²) >= 11 is 0. The van der Waals surface area contributed by atoms with Gasteiger partial charge in [0.25, 0.3) is 0 Å². The molecule has 30 heavy (non-hydrogen) atoms. The number of hydrogen-bond donors (Lipinski definition) is 0. The smallest absolute Gasteiger partial charge is 0.342 e. The van der Waals surface area contributed by atoms with Gasteiger partial charge in [0, 0.05) is 24.2 Å². The van der Waals surface area contributed by atoms with Crippen LogP contribution >= 0.6 is 0 Å². The first kappa shape index (κ1) is 19.6. The van der Waals surface area contributed by atoms with Crippen LogP contribution in [0.25, 0.3) is 5.69 Å². The van der Waals surface area contributed by atoms with E-state index >= 15 is 0 Å². The lowest BCUT2D eigenvalue weighted by Gasteiger charge is -2.15. The average Bonchev–Trinajstić information content (AvgIpc) is 3.38. The van der Waals surface area contributed by atoms with Crippen LogP contribution < -0.4 is 4.90 Å². The summed E-state index contributed by atoms with van der Waals surface area (Å²) in [7, 11) is 0. The number of carbonyl (C=O) groups is 3. The summed E-state index contributed by atoms with van der Waals surface area (Å²) in [5.74, 6) is -0.813. The molecular weight excluding hydrogens is 382 g/mol. The molecule has 0 N–H and O–H groups in total. The first-order valence-corrected chi connectivity index (χ1v) is 9.75. The topological polar surface area (TPSA) is 81.5 Å². The molecule has 1 aliphatic heterocycles. The van der Waals surface area contributed by atoms with Crippen LogP contribution in [0.3, 0.4) is 0 Å². The fraction of sp³-hybridized carbons (Fsp3) is 0.217. The van der Waals surface area contributed by atoms with Crippen molar-refractivity contribution in [2.24, 2.45) is 0 Å². The number of anilines is 1. The number of esters is 1. The number of hydrogen-bond acceptors (Lipinski definition) is 5. The van der Waals surface area contributed by atoms with Gasteiger partial charge in [-0.3, -0.25) is 9.59 Å². The molecule has 0 saturated carbocycles. The number of nitrogens with zero attached hydrogens (tertiary/aromatic N) is 3. The van der Waals surface area contributed by atoms with Crippen molar-refractivity contribution >= 4 is 23.3 Å². The van der Waals surface area contributed by atoms with E-state index in [4.69, 9.17) is 4.74 Å². The Morgan fingerprint density at radius 1 is 1.03 bits per heavy atom. The number of para-hydroxylation sites is 1. The van der Waals surface area contributed by atoms with Crippen molar-refractivity contribution in [3.63, 3.8) is 0 Å². The SMILES string of the molecule is Cc1c(C(=O)OCC(=O)c2ccc(N3CCCC3=O)cc2)cnn1-c1ccccc1. The van der Waals surface area contributed by atoms with Crippen LogP contribution in [-0.4, -0.2) is 40.6 Å². The number of aromatic nitrogens is 2. The van der Waals surface area contributed by atoms with Gasteiger partial charge in [0.05, 0.1) is 17.6 Å². The second kappa shape index (κ2) is 8.32. The molecule has 152 valence electrons. The van der Waals surface area contributed by atoms with E-state index in [0.29, 0.717) is 29.8 Å². The molecule has 0 bridgehead atoms. The van der Waals surface area contributed by atoms with Crippen LogP contribution in [-0.2, 0) is 9.53 Å².